The lowest BCUT2D eigenvalue weighted by molar-refractivity contribution is 0.911. The van der Waals surface area contributed by atoms with E-state index in [2.05, 4.69) is 44.4 Å². The molecule has 2 aromatic rings. The summed E-state index contributed by atoms with van der Waals surface area (Å²) >= 11 is 1.68. The third-order valence-corrected chi connectivity index (χ3v) is 3.72. The van der Waals surface area contributed by atoms with Gasteiger partial charge < -0.3 is 10.6 Å². The number of rotatable bonds is 6. The van der Waals surface area contributed by atoms with Gasteiger partial charge >= 0.3 is 0 Å². The van der Waals surface area contributed by atoms with E-state index in [9.17, 15) is 0 Å². The van der Waals surface area contributed by atoms with Crippen LogP contribution in [0, 0.1) is 0 Å². The van der Waals surface area contributed by atoms with Gasteiger partial charge in [0.05, 0.1) is 5.69 Å². The number of nitrogens with one attached hydrogen (secondary N) is 2. The zero-order valence-corrected chi connectivity index (χ0v) is 11.8. The van der Waals surface area contributed by atoms with Gasteiger partial charge in [-0.05, 0) is 30.7 Å². The van der Waals surface area contributed by atoms with E-state index in [0.29, 0.717) is 5.92 Å². The lowest BCUT2D eigenvalue weighted by Crippen LogP contribution is -2.06. The normalized spacial score (nSPS) is 14.4. The van der Waals surface area contributed by atoms with E-state index < -0.39 is 0 Å². The highest BCUT2D eigenvalue weighted by Crippen LogP contribution is 2.39. The lowest BCUT2D eigenvalue weighted by atomic mass is 10.3. The molecule has 19 heavy (non-hydrogen) atoms. The molecule has 100 valence electrons. The molecule has 0 aliphatic heterocycles. The Hall–Kier alpha value is -1.62. The predicted molar refractivity (Wildman–Crippen MR) is 80.4 cm³/mol. The maximum Gasteiger partial charge on any atom is 0.136 e. The number of nitrogens with zero attached hydrogens (tertiary/aromatic N) is 2. The van der Waals surface area contributed by atoms with E-state index in [1.54, 1.807) is 11.3 Å². The molecule has 1 aliphatic carbocycles. The molecule has 0 spiro atoms. The topological polar surface area (TPSA) is 49.8 Å². The molecule has 2 N–H and O–H groups in total. The van der Waals surface area contributed by atoms with E-state index in [0.717, 1.165) is 36.1 Å². The zero-order valence-electron chi connectivity index (χ0n) is 11.0. The first kappa shape index (κ1) is 12.4. The van der Waals surface area contributed by atoms with E-state index in [-0.39, 0.29) is 0 Å². The monoisotopic (exact) mass is 274 g/mol. The van der Waals surface area contributed by atoms with Crippen molar-refractivity contribution in [2.75, 3.05) is 17.2 Å². The molecule has 1 saturated carbocycles. The van der Waals surface area contributed by atoms with Gasteiger partial charge in [0.25, 0.3) is 0 Å². The van der Waals surface area contributed by atoms with Crippen LogP contribution < -0.4 is 10.6 Å². The van der Waals surface area contributed by atoms with Gasteiger partial charge in [0.15, 0.2) is 0 Å². The number of anilines is 3. The Morgan fingerprint density at radius 1 is 1.32 bits per heavy atom. The van der Waals surface area contributed by atoms with Crippen LogP contribution in [0.15, 0.2) is 22.9 Å². The maximum absolute atomic E-state index is 4.62. The molecule has 5 heteroatoms. The van der Waals surface area contributed by atoms with E-state index >= 15 is 0 Å². The minimum Gasteiger partial charge on any atom is -0.370 e. The van der Waals surface area contributed by atoms with Gasteiger partial charge in [0.2, 0.25) is 0 Å². The molecule has 0 aromatic carbocycles. The SMILES string of the molecule is CCCNc1cc(Nc2ccsc2)nc(C2CC2)n1. The van der Waals surface area contributed by atoms with Crippen LogP contribution in [-0.4, -0.2) is 16.5 Å². The summed E-state index contributed by atoms with van der Waals surface area (Å²) < 4.78 is 0. The summed E-state index contributed by atoms with van der Waals surface area (Å²) in [4.78, 5) is 9.22. The molecule has 2 aromatic heterocycles. The molecule has 3 rings (SSSR count). The molecular weight excluding hydrogens is 256 g/mol. The van der Waals surface area contributed by atoms with Gasteiger partial charge in [0, 0.05) is 23.9 Å². The van der Waals surface area contributed by atoms with Crippen molar-refractivity contribution in [3.05, 3.63) is 28.7 Å². The van der Waals surface area contributed by atoms with Crippen LogP contribution in [0.25, 0.3) is 0 Å². The van der Waals surface area contributed by atoms with Gasteiger partial charge in [-0.1, -0.05) is 6.92 Å². The molecule has 4 nitrogen and oxygen atoms in total. The molecule has 0 radical (unpaired) electrons. The summed E-state index contributed by atoms with van der Waals surface area (Å²) in [6.45, 7) is 3.10. The molecular formula is C14H18N4S. The largest absolute Gasteiger partial charge is 0.370 e. The summed E-state index contributed by atoms with van der Waals surface area (Å²) in [5.74, 6) is 3.34. The number of thiophene rings is 1. The maximum atomic E-state index is 4.62. The minimum atomic E-state index is 0.561. The van der Waals surface area contributed by atoms with Crippen molar-refractivity contribution in [3.8, 4) is 0 Å². The highest BCUT2D eigenvalue weighted by Gasteiger charge is 2.27. The van der Waals surface area contributed by atoms with Gasteiger partial charge in [0.1, 0.15) is 17.5 Å². The van der Waals surface area contributed by atoms with Crippen molar-refractivity contribution in [3.63, 3.8) is 0 Å². The Kier molecular flexibility index (Phi) is 3.64. The van der Waals surface area contributed by atoms with E-state index in [4.69, 9.17) is 0 Å². The van der Waals surface area contributed by atoms with Crippen molar-refractivity contribution in [1.29, 1.82) is 0 Å². The first-order valence-corrected chi connectivity index (χ1v) is 7.71. The van der Waals surface area contributed by atoms with Crippen LogP contribution in [0.3, 0.4) is 0 Å². The van der Waals surface area contributed by atoms with Gasteiger partial charge in [-0.3, -0.25) is 0 Å². The second-order valence-corrected chi connectivity index (χ2v) is 5.61. The standard InChI is InChI=1S/C14H18N4S/c1-2-6-15-12-8-13(16-11-5-7-19-9-11)18-14(17-12)10-3-4-10/h5,7-10H,2-4,6H2,1H3,(H2,15,16,17,18). The Labute approximate surface area is 117 Å². The smallest absolute Gasteiger partial charge is 0.136 e. The quantitative estimate of drug-likeness (QED) is 0.836. The number of aromatic nitrogens is 2. The Balaban J connectivity index is 1.82. The predicted octanol–water partition coefficient (Wildman–Crippen LogP) is 3.98. The first-order chi connectivity index (χ1) is 9.35. The van der Waals surface area contributed by atoms with Gasteiger partial charge in [-0.25, -0.2) is 9.97 Å². The molecule has 1 fully saturated rings. The molecule has 0 saturated heterocycles. The third kappa shape index (κ3) is 3.23. The first-order valence-electron chi connectivity index (χ1n) is 6.77. The highest BCUT2D eigenvalue weighted by molar-refractivity contribution is 7.08. The van der Waals surface area contributed by atoms with Crippen molar-refractivity contribution in [2.45, 2.75) is 32.1 Å². The highest BCUT2D eigenvalue weighted by atomic mass is 32.1. The molecule has 1 aliphatic rings. The average Bonchev–Trinajstić information content (AvgIpc) is 3.16. The fourth-order valence-electron chi connectivity index (χ4n) is 1.88. The Bertz CT molecular complexity index is 534. The average molecular weight is 274 g/mol. The number of hydrogen-bond donors (Lipinski definition) is 2. The van der Waals surface area contributed by atoms with Crippen LogP contribution in [0.4, 0.5) is 17.3 Å². The van der Waals surface area contributed by atoms with E-state index in [1.807, 2.05) is 6.07 Å². The van der Waals surface area contributed by atoms with Crippen molar-refractivity contribution >= 4 is 28.7 Å². The lowest BCUT2D eigenvalue weighted by Gasteiger charge is -2.10. The zero-order chi connectivity index (χ0) is 13.1. The second-order valence-electron chi connectivity index (χ2n) is 4.83. The van der Waals surface area contributed by atoms with Crippen molar-refractivity contribution in [2.24, 2.45) is 0 Å². The number of hydrogen-bond acceptors (Lipinski definition) is 5. The molecule has 0 amide bonds. The molecule has 0 atom stereocenters. The summed E-state index contributed by atoms with van der Waals surface area (Å²) in [5, 5.41) is 10.8. The minimum absolute atomic E-state index is 0.561. The summed E-state index contributed by atoms with van der Waals surface area (Å²) in [6, 6.07) is 4.04. The van der Waals surface area contributed by atoms with Crippen LogP contribution in [0.5, 0.6) is 0 Å². The fraction of sp³-hybridized carbons (Fsp3) is 0.429. The van der Waals surface area contributed by atoms with Crippen LogP contribution in [-0.2, 0) is 0 Å². The summed E-state index contributed by atoms with van der Waals surface area (Å²) in [6.07, 6.45) is 3.53. The van der Waals surface area contributed by atoms with Gasteiger partial charge in [-0.15, -0.1) is 0 Å². The van der Waals surface area contributed by atoms with Crippen LogP contribution >= 0.6 is 11.3 Å². The van der Waals surface area contributed by atoms with Crippen molar-refractivity contribution in [1.82, 2.24) is 9.97 Å². The molecule has 0 bridgehead atoms. The molecule has 0 unspecified atom stereocenters. The van der Waals surface area contributed by atoms with Crippen LogP contribution in [0.2, 0.25) is 0 Å². The van der Waals surface area contributed by atoms with E-state index in [1.165, 1.54) is 12.8 Å². The van der Waals surface area contributed by atoms with Crippen LogP contribution in [0.1, 0.15) is 37.9 Å². The third-order valence-electron chi connectivity index (χ3n) is 3.04. The summed E-state index contributed by atoms with van der Waals surface area (Å²) in [5.41, 5.74) is 1.09. The van der Waals surface area contributed by atoms with Crippen molar-refractivity contribution < 1.29 is 0 Å². The Morgan fingerprint density at radius 3 is 2.84 bits per heavy atom. The fourth-order valence-corrected chi connectivity index (χ4v) is 2.47. The second kappa shape index (κ2) is 5.57. The molecule has 2 heterocycles. The summed E-state index contributed by atoms with van der Waals surface area (Å²) in [7, 11) is 0. The Morgan fingerprint density at radius 2 is 2.16 bits per heavy atom. The van der Waals surface area contributed by atoms with Gasteiger partial charge in [-0.2, -0.15) is 11.3 Å².